The Labute approximate surface area is 106 Å². The zero-order valence-corrected chi connectivity index (χ0v) is 11.6. The highest BCUT2D eigenvalue weighted by Gasteiger charge is 2.31. The van der Waals surface area contributed by atoms with Gasteiger partial charge in [0.1, 0.15) is 0 Å². The van der Waals surface area contributed by atoms with Gasteiger partial charge in [-0.2, -0.15) is 0 Å². The van der Waals surface area contributed by atoms with Crippen molar-refractivity contribution in [3.05, 3.63) is 35.4 Å². The van der Waals surface area contributed by atoms with Crippen LogP contribution in [0.15, 0.2) is 24.3 Å². The second-order valence-electron chi connectivity index (χ2n) is 6.40. The normalized spacial score (nSPS) is 24.8. The SMILES string of the molecule is Cc1ccc([C@H](C)NC2CCC(C)(C)C2)cc1. The molecule has 0 spiro atoms. The Morgan fingerprint density at radius 3 is 2.41 bits per heavy atom. The fourth-order valence-corrected chi connectivity index (χ4v) is 2.88. The number of benzene rings is 1. The smallest absolute Gasteiger partial charge is 0.0294 e. The lowest BCUT2D eigenvalue weighted by Gasteiger charge is -2.22. The van der Waals surface area contributed by atoms with Gasteiger partial charge >= 0.3 is 0 Å². The van der Waals surface area contributed by atoms with Gasteiger partial charge in [-0.05, 0) is 44.1 Å². The summed E-state index contributed by atoms with van der Waals surface area (Å²) >= 11 is 0. The summed E-state index contributed by atoms with van der Waals surface area (Å²) in [6.45, 7) is 9.17. The van der Waals surface area contributed by atoms with Crippen LogP contribution in [0.4, 0.5) is 0 Å². The first-order valence-corrected chi connectivity index (χ1v) is 6.79. The Morgan fingerprint density at radius 1 is 1.24 bits per heavy atom. The average molecular weight is 231 g/mol. The fourth-order valence-electron chi connectivity index (χ4n) is 2.88. The van der Waals surface area contributed by atoms with E-state index in [9.17, 15) is 0 Å². The summed E-state index contributed by atoms with van der Waals surface area (Å²) in [6, 6.07) is 10.1. The van der Waals surface area contributed by atoms with Gasteiger partial charge in [0.25, 0.3) is 0 Å². The summed E-state index contributed by atoms with van der Waals surface area (Å²) in [7, 11) is 0. The van der Waals surface area contributed by atoms with Crippen molar-refractivity contribution in [3.63, 3.8) is 0 Å². The van der Waals surface area contributed by atoms with Crippen LogP contribution in [0.1, 0.15) is 57.2 Å². The van der Waals surface area contributed by atoms with Crippen LogP contribution >= 0.6 is 0 Å². The summed E-state index contributed by atoms with van der Waals surface area (Å²) in [5, 5.41) is 3.77. The number of rotatable bonds is 3. The lowest BCUT2D eigenvalue weighted by molar-refractivity contribution is 0.356. The van der Waals surface area contributed by atoms with E-state index in [0.717, 1.165) is 0 Å². The predicted octanol–water partition coefficient (Wildman–Crippen LogP) is 4.22. The Balaban J connectivity index is 1.93. The van der Waals surface area contributed by atoms with E-state index in [4.69, 9.17) is 0 Å². The Hall–Kier alpha value is -0.820. The molecule has 1 nitrogen and oxygen atoms in total. The number of hydrogen-bond donors (Lipinski definition) is 1. The highest BCUT2D eigenvalue weighted by Crippen LogP contribution is 2.37. The molecule has 1 unspecified atom stereocenters. The third-order valence-corrected chi connectivity index (χ3v) is 4.03. The molecule has 1 heteroatoms. The number of aryl methyl sites for hydroxylation is 1. The summed E-state index contributed by atoms with van der Waals surface area (Å²) in [4.78, 5) is 0. The first kappa shape index (κ1) is 12.6. The minimum absolute atomic E-state index is 0.467. The van der Waals surface area contributed by atoms with Crippen molar-refractivity contribution in [1.29, 1.82) is 0 Å². The van der Waals surface area contributed by atoms with Crippen LogP contribution < -0.4 is 5.32 Å². The highest BCUT2D eigenvalue weighted by molar-refractivity contribution is 5.23. The molecule has 0 radical (unpaired) electrons. The maximum Gasteiger partial charge on any atom is 0.0294 e. The monoisotopic (exact) mass is 231 g/mol. The highest BCUT2D eigenvalue weighted by atomic mass is 15.0. The first-order chi connectivity index (χ1) is 7.96. The van der Waals surface area contributed by atoms with Gasteiger partial charge in [0.05, 0.1) is 0 Å². The summed E-state index contributed by atoms with van der Waals surface area (Å²) in [5.41, 5.74) is 3.27. The van der Waals surface area contributed by atoms with Gasteiger partial charge in [-0.15, -0.1) is 0 Å². The molecule has 0 aromatic heterocycles. The van der Waals surface area contributed by atoms with Crippen molar-refractivity contribution in [2.45, 2.75) is 59.0 Å². The van der Waals surface area contributed by atoms with E-state index in [-0.39, 0.29) is 0 Å². The molecule has 0 saturated heterocycles. The van der Waals surface area contributed by atoms with Crippen LogP contribution in [-0.2, 0) is 0 Å². The Kier molecular flexibility index (Phi) is 3.58. The molecule has 0 heterocycles. The van der Waals surface area contributed by atoms with Gasteiger partial charge in [0.15, 0.2) is 0 Å². The molecular weight excluding hydrogens is 206 g/mol. The maximum atomic E-state index is 3.77. The van der Waals surface area contributed by atoms with Crippen molar-refractivity contribution in [1.82, 2.24) is 5.32 Å². The molecular formula is C16H25N. The van der Waals surface area contributed by atoms with E-state index in [0.29, 0.717) is 17.5 Å². The number of hydrogen-bond acceptors (Lipinski definition) is 1. The topological polar surface area (TPSA) is 12.0 Å². The largest absolute Gasteiger partial charge is 0.307 e. The molecule has 0 aliphatic heterocycles. The maximum absolute atomic E-state index is 3.77. The average Bonchev–Trinajstić information content (AvgIpc) is 2.59. The third kappa shape index (κ3) is 3.32. The first-order valence-electron chi connectivity index (χ1n) is 6.79. The molecule has 17 heavy (non-hydrogen) atoms. The molecule has 1 aromatic carbocycles. The third-order valence-electron chi connectivity index (χ3n) is 4.03. The van der Waals surface area contributed by atoms with Crippen molar-refractivity contribution < 1.29 is 0 Å². The van der Waals surface area contributed by atoms with Crippen LogP contribution in [0.2, 0.25) is 0 Å². The van der Waals surface area contributed by atoms with Gasteiger partial charge in [0.2, 0.25) is 0 Å². The quantitative estimate of drug-likeness (QED) is 0.821. The van der Waals surface area contributed by atoms with Gasteiger partial charge in [-0.3, -0.25) is 0 Å². The molecule has 1 aliphatic rings. The Morgan fingerprint density at radius 2 is 1.88 bits per heavy atom. The minimum Gasteiger partial charge on any atom is -0.307 e. The van der Waals surface area contributed by atoms with E-state index in [1.54, 1.807) is 0 Å². The molecule has 1 fully saturated rings. The van der Waals surface area contributed by atoms with Crippen molar-refractivity contribution >= 4 is 0 Å². The summed E-state index contributed by atoms with van der Waals surface area (Å²) < 4.78 is 0. The zero-order valence-electron chi connectivity index (χ0n) is 11.6. The van der Waals surface area contributed by atoms with E-state index in [1.807, 2.05) is 0 Å². The van der Waals surface area contributed by atoms with Gasteiger partial charge in [-0.25, -0.2) is 0 Å². The van der Waals surface area contributed by atoms with Crippen molar-refractivity contribution in [3.8, 4) is 0 Å². The summed E-state index contributed by atoms with van der Waals surface area (Å²) in [5.74, 6) is 0. The van der Waals surface area contributed by atoms with E-state index in [2.05, 4.69) is 57.3 Å². The van der Waals surface area contributed by atoms with Gasteiger partial charge < -0.3 is 5.32 Å². The molecule has 2 atom stereocenters. The lowest BCUT2D eigenvalue weighted by Crippen LogP contribution is -2.30. The summed E-state index contributed by atoms with van der Waals surface area (Å²) in [6.07, 6.45) is 3.98. The standard InChI is InChI=1S/C16H25N/c1-12-5-7-14(8-6-12)13(2)17-15-9-10-16(3,4)11-15/h5-8,13,15,17H,9-11H2,1-4H3/t13-,15?/m0/s1. The molecule has 1 aromatic rings. The van der Waals surface area contributed by atoms with Crippen molar-refractivity contribution in [2.75, 3.05) is 0 Å². The van der Waals surface area contributed by atoms with Crippen molar-refractivity contribution in [2.24, 2.45) is 5.41 Å². The van der Waals surface area contributed by atoms with Crippen LogP contribution in [0.5, 0.6) is 0 Å². The molecule has 2 rings (SSSR count). The van der Waals surface area contributed by atoms with Crippen LogP contribution in [0, 0.1) is 12.3 Å². The van der Waals surface area contributed by atoms with Gasteiger partial charge in [0, 0.05) is 12.1 Å². The lowest BCUT2D eigenvalue weighted by atomic mass is 9.91. The molecule has 0 amide bonds. The zero-order chi connectivity index (χ0) is 12.5. The van der Waals surface area contributed by atoms with Crippen LogP contribution in [-0.4, -0.2) is 6.04 Å². The molecule has 1 aliphatic carbocycles. The Bertz CT molecular complexity index is 364. The van der Waals surface area contributed by atoms with Gasteiger partial charge in [-0.1, -0.05) is 43.7 Å². The molecule has 1 saturated carbocycles. The van der Waals surface area contributed by atoms with Crippen LogP contribution in [0.3, 0.4) is 0 Å². The molecule has 0 bridgehead atoms. The molecule has 1 N–H and O–H groups in total. The van der Waals surface area contributed by atoms with Crippen LogP contribution in [0.25, 0.3) is 0 Å². The van der Waals surface area contributed by atoms with E-state index < -0.39 is 0 Å². The minimum atomic E-state index is 0.467. The molecule has 94 valence electrons. The predicted molar refractivity (Wildman–Crippen MR) is 74.1 cm³/mol. The second kappa shape index (κ2) is 4.81. The second-order valence-corrected chi connectivity index (χ2v) is 6.40. The van der Waals surface area contributed by atoms with E-state index >= 15 is 0 Å². The van der Waals surface area contributed by atoms with E-state index in [1.165, 1.54) is 30.4 Å². The number of nitrogens with one attached hydrogen (secondary N) is 1. The fraction of sp³-hybridized carbons (Fsp3) is 0.625.